The van der Waals surface area contributed by atoms with E-state index in [9.17, 15) is 4.79 Å². The lowest BCUT2D eigenvalue weighted by molar-refractivity contribution is -0.0228. The lowest BCUT2D eigenvalue weighted by Gasteiger charge is -2.33. The normalized spacial score (nSPS) is 17.3. The molecule has 0 aliphatic carbocycles. The zero-order chi connectivity index (χ0) is 19.0. The first-order valence-electron chi connectivity index (χ1n) is 8.74. The molecule has 1 aromatic heterocycles. The molecule has 1 saturated heterocycles. The molecule has 1 aliphatic heterocycles. The van der Waals surface area contributed by atoms with Crippen molar-refractivity contribution in [3.05, 3.63) is 74.8 Å². The van der Waals surface area contributed by atoms with E-state index in [1.54, 1.807) is 0 Å². The van der Waals surface area contributed by atoms with Crippen LogP contribution in [0.4, 0.5) is 0 Å². The lowest BCUT2D eigenvalue weighted by Crippen LogP contribution is -2.42. The van der Waals surface area contributed by atoms with Crippen molar-refractivity contribution in [1.82, 2.24) is 9.88 Å². The lowest BCUT2D eigenvalue weighted by atomic mass is 10.1. The molecule has 0 radical (unpaired) electrons. The maximum Gasteiger partial charge on any atom is 0.255 e. The minimum atomic E-state index is -0.126. The van der Waals surface area contributed by atoms with Crippen molar-refractivity contribution in [2.24, 2.45) is 0 Å². The number of hydrogen-bond acceptors (Lipinski definition) is 3. The Morgan fingerprint density at radius 1 is 1.22 bits per heavy atom. The third kappa shape index (κ3) is 3.86. The van der Waals surface area contributed by atoms with Crippen molar-refractivity contribution in [2.75, 3.05) is 19.7 Å². The van der Waals surface area contributed by atoms with Gasteiger partial charge in [0, 0.05) is 21.4 Å². The van der Waals surface area contributed by atoms with Gasteiger partial charge in [-0.25, -0.2) is 0 Å². The van der Waals surface area contributed by atoms with Crippen LogP contribution in [0.3, 0.4) is 0 Å². The maximum absolute atomic E-state index is 13.2. The van der Waals surface area contributed by atoms with Gasteiger partial charge in [0.1, 0.15) is 6.10 Å². The second-order valence-corrected chi connectivity index (χ2v) is 7.97. The van der Waals surface area contributed by atoms with E-state index in [-0.39, 0.29) is 12.0 Å². The Morgan fingerprint density at radius 2 is 2.00 bits per heavy atom. The zero-order valence-corrected chi connectivity index (χ0v) is 17.1. The highest BCUT2D eigenvalue weighted by Crippen LogP contribution is 2.26. The molecule has 0 bridgehead atoms. The first-order chi connectivity index (χ1) is 13.0. The van der Waals surface area contributed by atoms with Gasteiger partial charge in [-0.1, -0.05) is 39.7 Å². The fraction of sp³-hybridized carbons (Fsp3) is 0.238. The van der Waals surface area contributed by atoms with E-state index in [0.29, 0.717) is 30.3 Å². The van der Waals surface area contributed by atoms with E-state index in [4.69, 9.17) is 16.3 Å². The van der Waals surface area contributed by atoms with Crippen molar-refractivity contribution in [3.63, 3.8) is 0 Å². The second-order valence-electron chi connectivity index (χ2n) is 6.62. The molecule has 1 fully saturated rings. The molecule has 0 saturated carbocycles. The summed E-state index contributed by atoms with van der Waals surface area (Å²) in [5.41, 5.74) is 3.24. The molecule has 2 aromatic carbocycles. The summed E-state index contributed by atoms with van der Waals surface area (Å²) in [6, 6.07) is 15.4. The fourth-order valence-electron chi connectivity index (χ4n) is 3.34. The van der Waals surface area contributed by atoms with Crippen molar-refractivity contribution < 1.29 is 9.53 Å². The number of nitrogens with zero attached hydrogens (tertiary/aromatic N) is 2. The molecule has 1 aliphatic rings. The van der Waals surface area contributed by atoms with Gasteiger partial charge in [-0.2, -0.15) is 0 Å². The SMILES string of the molecule is Cc1nc2ccc(Cl)cc2cc1C(=O)N1CCOC(c2ccc(Br)cc2)C1. The topological polar surface area (TPSA) is 42.4 Å². The van der Waals surface area contributed by atoms with Crippen molar-refractivity contribution in [2.45, 2.75) is 13.0 Å². The average molecular weight is 446 g/mol. The largest absolute Gasteiger partial charge is 0.370 e. The number of ether oxygens (including phenoxy) is 1. The van der Waals surface area contributed by atoms with E-state index < -0.39 is 0 Å². The van der Waals surface area contributed by atoms with E-state index in [1.807, 2.05) is 60.4 Å². The van der Waals surface area contributed by atoms with Gasteiger partial charge in [0.2, 0.25) is 0 Å². The van der Waals surface area contributed by atoms with Gasteiger partial charge < -0.3 is 9.64 Å². The number of carbonyl (C=O) groups is 1. The number of rotatable bonds is 2. The smallest absolute Gasteiger partial charge is 0.255 e. The van der Waals surface area contributed by atoms with Crippen LogP contribution < -0.4 is 0 Å². The van der Waals surface area contributed by atoms with Crippen LogP contribution in [-0.2, 0) is 4.74 Å². The fourth-order valence-corrected chi connectivity index (χ4v) is 3.79. The van der Waals surface area contributed by atoms with Crippen LogP contribution in [0.25, 0.3) is 10.9 Å². The number of halogens is 2. The Balaban J connectivity index is 1.61. The van der Waals surface area contributed by atoms with Crippen LogP contribution in [0.15, 0.2) is 53.0 Å². The predicted octanol–water partition coefficient (Wildman–Crippen LogP) is 5.17. The number of pyridine rings is 1. The molecular formula is C21H18BrClN2O2. The summed E-state index contributed by atoms with van der Waals surface area (Å²) in [5, 5.41) is 1.50. The minimum Gasteiger partial charge on any atom is -0.370 e. The van der Waals surface area contributed by atoms with Gasteiger partial charge in [0.05, 0.1) is 29.9 Å². The molecule has 4 nitrogen and oxygen atoms in total. The van der Waals surface area contributed by atoms with Gasteiger partial charge in [-0.15, -0.1) is 0 Å². The highest BCUT2D eigenvalue weighted by Gasteiger charge is 2.27. The highest BCUT2D eigenvalue weighted by atomic mass is 79.9. The molecular weight excluding hydrogens is 428 g/mol. The summed E-state index contributed by atoms with van der Waals surface area (Å²) < 4.78 is 6.91. The van der Waals surface area contributed by atoms with E-state index in [1.165, 1.54) is 0 Å². The molecule has 4 rings (SSSR count). The number of aryl methyl sites for hydroxylation is 1. The third-order valence-electron chi connectivity index (χ3n) is 4.79. The second kappa shape index (κ2) is 7.58. The Hall–Kier alpha value is -1.95. The van der Waals surface area contributed by atoms with Crippen LogP contribution in [0.1, 0.15) is 27.7 Å². The van der Waals surface area contributed by atoms with Crippen LogP contribution in [0.2, 0.25) is 5.02 Å². The van der Waals surface area contributed by atoms with Crippen molar-refractivity contribution in [3.8, 4) is 0 Å². The summed E-state index contributed by atoms with van der Waals surface area (Å²) >= 11 is 9.54. The Labute approximate surface area is 171 Å². The number of fused-ring (bicyclic) bond motifs is 1. The number of benzene rings is 2. The number of aromatic nitrogens is 1. The van der Waals surface area contributed by atoms with Gasteiger partial charge >= 0.3 is 0 Å². The first-order valence-corrected chi connectivity index (χ1v) is 9.91. The number of carbonyl (C=O) groups excluding carboxylic acids is 1. The average Bonchev–Trinajstić information content (AvgIpc) is 2.68. The Kier molecular flexibility index (Phi) is 5.17. The molecule has 1 unspecified atom stereocenters. The summed E-state index contributed by atoms with van der Waals surface area (Å²) in [6.45, 7) is 3.47. The van der Waals surface area contributed by atoms with Crippen molar-refractivity contribution in [1.29, 1.82) is 0 Å². The summed E-state index contributed by atoms with van der Waals surface area (Å²) in [5.74, 6) is -0.0210. The third-order valence-corrected chi connectivity index (χ3v) is 5.56. The summed E-state index contributed by atoms with van der Waals surface area (Å²) in [4.78, 5) is 19.6. The van der Waals surface area contributed by atoms with Gasteiger partial charge in [-0.3, -0.25) is 9.78 Å². The number of morpholine rings is 1. The standard InChI is InChI=1S/C21H18BrClN2O2/c1-13-18(11-15-10-17(23)6-7-19(15)24-13)21(26)25-8-9-27-20(12-25)14-2-4-16(22)5-3-14/h2-7,10-11,20H,8-9,12H2,1H3. The molecule has 0 N–H and O–H groups in total. The van der Waals surface area contributed by atoms with E-state index in [2.05, 4.69) is 20.9 Å². The Bertz CT molecular complexity index is 1010. The van der Waals surface area contributed by atoms with Crippen LogP contribution >= 0.6 is 27.5 Å². The number of amides is 1. The minimum absolute atomic E-state index is 0.0210. The van der Waals surface area contributed by atoms with Crippen LogP contribution in [0.5, 0.6) is 0 Å². The monoisotopic (exact) mass is 444 g/mol. The molecule has 0 spiro atoms. The predicted molar refractivity (Wildman–Crippen MR) is 110 cm³/mol. The Morgan fingerprint density at radius 3 is 2.78 bits per heavy atom. The summed E-state index contributed by atoms with van der Waals surface area (Å²) in [7, 11) is 0. The van der Waals surface area contributed by atoms with Crippen LogP contribution in [0, 0.1) is 6.92 Å². The van der Waals surface area contributed by atoms with E-state index in [0.717, 1.165) is 26.6 Å². The van der Waals surface area contributed by atoms with Gasteiger partial charge in [0.15, 0.2) is 0 Å². The highest BCUT2D eigenvalue weighted by molar-refractivity contribution is 9.10. The maximum atomic E-state index is 13.2. The van der Waals surface area contributed by atoms with E-state index >= 15 is 0 Å². The summed E-state index contributed by atoms with van der Waals surface area (Å²) in [6.07, 6.45) is -0.126. The quantitative estimate of drug-likeness (QED) is 0.546. The van der Waals surface area contributed by atoms with Crippen LogP contribution in [-0.4, -0.2) is 35.5 Å². The van der Waals surface area contributed by atoms with Crippen molar-refractivity contribution >= 4 is 44.3 Å². The molecule has 6 heteroatoms. The first kappa shape index (κ1) is 18.4. The molecule has 1 atom stereocenters. The number of hydrogen-bond donors (Lipinski definition) is 0. The van der Waals surface area contributed by atoms with Gasteiger partial charge in [-0.05, 0) is 48.9 Å². The molecule has 3 aromatic rings. The van der Waals surface area contributed by atoms with Gasteiger partial charge in [0.25, 0.3) is 5.91 Å². The molecule has 138 valence electrons. The molecule has 2 heterocycles. The molecule has 1 amide bonds. The zero-order valence-electron chi connectivity index (χ0n) is 14.8. The molecule has 27 heavy (non-hydrogen) atoms.